The highest BCUT2D eigenvalue weighted by Gasteiger charge is 2.30. The second kappa shape index (κ2) is 4.68. The van der Waals surface area contributed by atoms with Gasteiger partial charge in [-0.3, -0.25) is 4.79 Å². The van der Waals surface area contributed by atoms with Crippen molar-refractivity contribution in [3.8, 4) is 0 Å². The number of nitrogens with zero attached hydrogens (tertiary/aromatic N) is 4. The van der Waals surface area contributed by atoms with Crippen LogP contribution >= 0.6 is 0 Å². The normalized spacial score (nSPS) is 27.9. The average molecular weight is 249 g/mol. The Morgan fingerprint density at radius 2 is 2.06 bits per heavy atom. The van der Waals surface area contributed by atoms with Crippen molar-refractivity contribution in [3.63, 3.8) is 0 Å². The lowest BCUT2D eigenvalue weighted by Gasteiger charge is -2.33. The molecule has 6 heteroatoms. The fourth-order valence-electron chi connectivity index (χ4n) is 2.88. The first kappa shape index (κ1) is 11.6. The first-order valence-electron chi connectivity index (χ1n) is 6.65. The summed E-state index contributed by atoms with van der Waals surface area (Å²) in [5.41, 5.74) is 5.88. The molecular formula is C12H19N5O. The van der Waals surface area contributed by atoms with E-state index in [1.165, 1.54) is 0 Å². The van der Waals surface area contributed by atoms with Crippen molar-refractivity contribution >= 4 is 5.91 Å². The highest BCUT2D eigenvalue weighted by atomic mass is 16.2. The van der Waals surface area contributed by atoms with Crippen molar-refractivity contribution in [3.05, 3.63) is 12.2 Å². The molecule has 3 rings (SSSR count). The summed E-state index contributed by atoms with van der Waals surface area (Å²) in [7, 11) is 0. The van der Waals surface area contributed by atoms with Crippen LogP contribution in [0, 0.1) is 5.92 Å². The molecule has 1 amide bonds. The molecule has 1 aromatic rings. The number of fused-ring (bicyclic) bond motifs is 1. The van der Waals surface area contributed by atoms with Gasteiger partial charge in [0.15, 0.2) is 5.82 Å². The predicted octanol–water partition coefficient (Wildman–Crippen LogP) is 0.138. The minimum Gasteiger partial charge on any atom is -0.333 e. The number of carbonyl (C=O) groups is 1. The number of hydrogen-bond acceptors (Lipinski definition) is 4. The molecule has 0 bridgehead atoms. The van der Waals surface area contributed by atoms with E-state index in [0.717, 1.165) is 44.6 Å². The maximum atomic E-state index is 12.4. The highest BCUT2D eigenvalue weighted by Crippen LogP contribution is 2.26. The van der Waals surface area contributed by atoms with Crippen molar-refractivity contribution < 1.29 is 4.79 Å². The minimum atomic E-state index is 0.166. The Hall–Kier alpha value is -1.43. The van der Waals surface area contributed by atoms with E-state index in [2.05, 4.69) is 10.2 Å². The van der Waals surface area contributed by atoms with E-state index in [-0.39, 0.29) is 11.8 Å². The topological polar surface area (TPSA) is 77.0 Å². The molecule has 0 unspecified atom stereocenters. The zero-order chi connectivity index (χ0) is 12.5. The van der Waals surface area contributed by atoms with Crippen LogP contribution in [0.3, 0.4) is 0 Å². The maximum Gasteiger partial charge on any atom is 0.226 e. The van der Waals surface area contributed by atoms with Gasteiger partial charge in [-0.25, -0.2) is 0 Å². The van der Waals surface area contributed by atoms with E-state index >= 15 is 0 Å². The van der Waals surface area contributed by atoms with Gasteiger partial charge in [-0.05, 0) is 25.7 Å². The van der Waals surface area contributed by atoms with E-state index in [4.69, 9.17) is 5.73 Å². The molecule has 0 aromatic carbocycles. The van der Waals surface area contributed by atoms with Gasteiger partial charge in [0.1, 0.15) is 6.33 Å². The molecule has 2 heterocycles. The molecule has 6 nitrogen and oxygen atoms in total. The molecule has 1 aromatic heterocycles. The predicted molar refractivity (Wildman–Crippen MR) is 65.4 cm³/mol. The van der Waals surface area contributed by atoms with Gasteiger partial charge in [0.2, 0.25) is 5.91 Å². The Morgan fingerprint density at radius 1 is 1.28 bits per heavy atom. The van der Waals surface area contributed by atoms with Gasteiger partial charge < -0.3 is 15.2 Å². The third kappa shape index (κ3) is 2.12. The van der Waals surface area contributed by atoms with Crippen LogP contribution in [0.25, 0.3) is 0 Å². The van der Waals surface area contributed by atoms with E-state index in [9.17, 15) is 4.79 Å². The summed E-state index contributed by atoms with van der Waals surface area (Å²) in [5.74, 6) is 1.33. The summed E-state index contributed by atoms with van der Waals surface area (Å²) >= 11 is 0. The molecule has 0 spiro atoms. The molecule has 1 aliphatic carbocycles. The van der Waals surface area contributed by atoms with Crippen molar-refractivity contribution in [1.82, 2.24) is 19.7 Å². The van der Waals surface area contributed by atoms with Gasteiger partial charge in [-0.1, -0.05) is 0 Å². The first-order chi connectivity index (χ1) is 8.74. The fourth-order valence-corrected chi connectivity index (χ4v) is 2.88. The largest absolute Gasteiger partial charge is 0.333 e. The van der Waals surface area contributed by atoms with Crippen molar-refractivity contribution in [2.75, 3.05) is 6.54 Å². The summed E-state index contributed by atoms with van der Waals surface area (Å²) in [6.45, 7) is 2.17. The first-order valence-corrected chi connectivity index (χ1v) is 6.65. The zero-order valence-electron chi connectivity index (χ0n) is 10.5. The minimum absolute atomic E-state index is 0.166. The molecule has 1 fully saturated rings. The van der Waals surface area contributed by atoms with Crippen LogP contribution in [-0.4, -0.2) is 38.2 Å². The van der Waals surface area contributed by atoms with Crippen LogP contribution in [-0.2, 0) is 17.9 Å². The fraction of sp³-hybridized carbons (Fsp3) is 0.750. The summed E-state index contributed by atoms with van der Waals surface area (Å²) < 4.78 is 2.01. The molecule has 18 heavy (non-hydrogen) atoms. The summed E-state index contributed by atoms with van der Waals surface area (Å²) in [6.07, 6.45) is 5.55. The molecule has 0 saturated heterocycles. The Kier molecular flexibility index (Phi) is 3.03. The third-order valence-corrected chi connectivity index (χ3v) is 4.07. The monoisotopic (exact) mass is 249 g/mol. The van der Waals surface area contributed by atoms with Crippen LogP contribution in [0.1, 0.15) is 31.5 Å². The molecule has 0 radical (unpaired) electrons. The molecular weight excluding hydrogens is 230 g/mol. The van der Waals surface area contributed by atoms with Gasteiger partial charge in [-0.2, -0.15) is 0 Å². The van der Waals surface area contributed by atoms with Gasteiger partial charge >= 0.3 is 0 Å². The van der Waals surface area contributed by atoms with Crippen LogP contribution in [0.5, 0.6) is 0 Å². The number of rotatable bonds is 1. The number of hydrogen-bond donors (Lipinski definition) is 1. The van der Waals surface area contributed by atoms with E-state index in [1.54, 1.807) is 6.33 Å². The van der Waals surface area contributed by atoms with Crippen LogP contribution in [0.2, 0.25) is 0 Å². The summed E-state index contributed by atoms with van der Waals surface area (Å²) in [5, 5.41) is 7.92. The Labute approximate surface area is 106 Å². The maximum absolute atomic E-state index is 12.4. The van der Waals surface area contributed by atoms with Gasteiger partial charge in [0, 0.05) is 25.0 Å². The highest BCUT2D eigenvalue weighted by molar-refractivity contribution is 5.79. The summed E-state index contributed by atoms with van der Waals surface area (Å²) in [4.78, 5) is 14.3. The average Bonchev–Trinajstić information content (AvgIpc) is 2.86. The number of nitrogens with two attached hydrogens (primary N) is 1. The Morgan fingerprint density at radius 3 is 2.83 bits per heavy atom. The van der Waals surface area contributed by atoms with E-state index in [1.807, 2.05) is 9.47 Å². The van der Waals surface area contributed by atoms with Gasteiger partial charge in [0.05, 0.1) is 6.54 Å². The smallest absolute Gasteiger partial charge is 0.226 e. The van der Waals surface area contributed by atoms with Crippen LogP contribution in [0.15, 0.2) is 6.33 Å². The molecule has 1 saturated carbocycles. The third-order valence-electron chi connectivity index (χ3n) is 4.07. The summed E-state index contributed by atoms with van der Waals surface area (Å²) in [6, 6.07) is 0.290. The lowest BCUT2D eigenvalue weighted by atomic mass is 9.85. The molecule has 1 aliphatic heterocycles. The molecule has 2 aliphatic rings. The van der Waals surface area contributed by atoms with E-state index < -0.39 is 0 Å². The van der Waals surface area contributed by atoms with Gasteiger partial charge in [-0.15, -0.1) is 10.2 Å². The second-order valence-corrected chi connectivity index (χ2v) is 5.31. The lowest BCUT2D eigenvalue weighted by Crippen LogP contribution is -2.43. The molecule has 0 atom stereocenters. The lowest BCUT2D eigenvalue weighted by molar-refractivity contribution is -0.138. The zero-order valence-corrected chi connectivity index (χ0v) is 10.5. The second-order valence-electron chi connectivity index (χ2n) is 5.31. The quantitative estimate of drug-likeness (QED) is 0.768. The standard InChI is InChI=1S/C12H19N5O/c13-10-3-1-9(2-4-10)12(18)16-5-6-17-8-14-15-11(17)7-16/h8-10H,1-7,13H2. The number of aromatic nitrogens is 3. The van der Waals surface area contributed by atoms with Crippen molar-refractivity contribution in [1.29, 1.82) is 0 Å². The number of amides is 1. The molecule has 98 valence electrons. The Balaban J connectivity index is 1.64. The van der Waals surface area contributed by atoms with Crippen LogP contribution < -0.4 is 5.73 Å². The van der Waals surface area contributed by atoms with Crippen molar-refractivity contribution in [2.24, 2.45) is 11.7 Å². The SMILES string of the molecule is NC1CCC(C(=O)N2CCn3cnnc3C2)CC1. The molecule has 2 N–H and O–H groups in total. The Bertz CT molecular complexity index is 435. The van der Waals surface area contributed by atoms with Crippen molar-refractivity contribution in [2.45, 2.75) is 44.8 Å². The van der Waals surface area contributed by atoms with Gasteiger partial charge in [0.25, 0.3) is 0 Å². The van der Waals surface area contributed by atoms with Crippen LogP contribution in [0.4, 0.5) is 0 Å². The number of carbonyl (C=O) groups excluding carboxylic acids is 1. The van der Waals surface area contributed by atoms with E-state index in [0.29, 0.717) is 12.6 Å².